The Morgan fingerprint density at radius 3 is 2.56 bits per heavy atom. The van der Waals surface area contributed by atoms with Gasteiger partial charge in [0.2, 0.25) is 5.91 Å². The number of nitrogens with one attached hydrogen (secondary N) is 1. The number of hydrogen-bond acceptors (Lipinski definition) is 7. The number of benzene rings is 2. The number of nitrogens with zero attached hydrogens (tertiary/aromatic N) is 3. The van der Waals surface area contributed by atoms with Crippen molar-refractivity contribution >= 4 is 64.1 Å². The van der Waals surface area contributed by atoms with Crippen LogP contribution in [-0.4, -0.2) is 54.4 Å². The van der Waals surface area contributed by atoms with Crippen LogP contribution in [0.15, 0.2) is 36.4 Å². The van der Waals surface area contributed by atoms with Crippen LogP contribution >= 0.6 is 30.4 Å². The molecule has 0 aliphatic carbocycles. The largest absolute Gasteiger partial charge is 0.524 e. The maximum atomic E-state index is 11.3. The van der Waals surface area contributed by atoms with E-state index in [2.05, 4.69) is 35.0 Å². The lowest BCUT2D eigenvalue weighted by molar-refractivity contribution is -0.118. The molecule has 0 saturated carbocycles. The molecule has 4 rings (SSSR count). The van der Waals surface area contributed by atoms with Crippen molar-refractivity contribution in [2.45, 2.75) is 58.9 Å². The van der Waals surface area contributed by atoms with Crippen LogP contribution in [0.25, 0.3) is 21.9 Å². The molecule has 2 aromatic carbocycles. The molecule has 4 aromatic rings. The highest BCUT2D eigenvalue weighted by atomic mass is 127. The van der Waals surface area contributed by atoms with Crippen molar-refractivity contribution in [2.24, 2.45) is 0 Å². The zero-order valence-electron chi connectivity index (χ0n) is 24.5. The lowest BCUT2D eigenvalue weighted by Gasteiger charge is -2.14. The maximum absolute atomic E-state index is 11.3. The van der Waals surface area contributed by atoms with Crippen molar-refractivity contribution in [3.8, 4) is 5.75 Å². The summed E-state index contributed by atoms with van der Waals surface area (Å²) < 4.78 is 24.5. The summed E-state index contributed by atoms with van der Waals surface area (Å²) in [6.45, 7) is 6.28. The molecule has 0 bridgehead atoms. The van der Waals surface area contributed by atoms with Gasteiger partial charge in [-0.25, -0.2) is 14.5 Å². The van der Waals surface area contributed by atoms with Gasteiger partial charge in [-0.3, -0.25) is 14.6 Å². The summed E-state index contributed by atoms with van der Waals surface area (Å²) in [7, 11) is -4.65. The van der Waals surface area contributed by atoms with E-state index in [9.17, 15) is 19.1 Å². The fourth-order valence-electron chi connectivity index (χ4n) is 5.01. The number of amides is 1. The Hall–Kier alpha value is -2.77. The number of carbonyl (C=O) groups is 1. The summed E-state index contributed by atoms with van der Waals surface area (Å²) in [6.07, 6.45) is 5.27. The highest BCUT2D eigenvalue weighted by molar-refractivity contribution is 14.1. The second kappa shape index (κ2) is 15.3. The molecule has 0 spiro atoms. The Balaban J connectivity index is 1.54. The van der Waals surface area contributed by atoms with Gasteiger partial charge in [-0.1, -0.05) is 60.2 Å². The first-order valence-corrected chi connectivity index (χ1v) is 17.5. The van der Waals surface area contributed by atoms with Crippen LogP contribution < -0.4 is 15.6 Å². The summed E-state index contributed by atoms with van der Waals surface area (Å²) in [4.78, 5) is 39.4. The average molecular weight is 724 g/mol. The Morgan fingerprint density at radius 1 is 1.07 bits per heavy atom. The second-order valence-corrected chi connectivity index (χ2v) is 12.4. The second-order valence-electron chi connectivity index (χ2n) is 10.5. The molecule has 0 aliphatic heterocycles. The molecule has 13 heteroatoms. The summed E-state index contributed by atoms with van der Waals surface area (Å²) in [5.74, 6) is 1.50. The smallest absolute Gasteiger partial charge is 0.404 e. The van der Waals surface area contributed by atoms with E-state index in [0.717, 1.165) is 71.9 Å². The summed E-state index contributed by atoms with van der Waals surface area (Å²) in [5.41, 5.74) is 11.6. The number of aryl methyl sites for hydroxylation is 3. The monoisotopic (exact) mass is 723 g/mol. The zero-order chi connectivity index (χ0) is 31.0. The molecule has 0 atom stereocenters. The lowest BCUT2D eigenvalue weighted by Crippen LogP contribution is -2.25. The molecule has 43 heavy (non-hydrogen) atoms. The molecule has 1 amide bonds. The first kappa shape index (κ1) is 33.1. The Bertz CT molecular complexity index is 1620. The van der Waals surface area contributed by atoms with Gasteiger partial charge in [0, 0.05) is 38.1 Å². The molecule has 0 saturated heterocycles. The van der Waals surface area contributed by atoms with E-state index < -0.39 is 7.82 Å². The number of nitrogen functional groups attached to an aromatic ring is 1. The number of carbonyl (C=O) groups excluding carboxylic acids is 1. The number of hydrogen-bond donors (Lipinski definition) is 4. The normalized spacial score (nSPS) is 11.8. The minimum absolute atomic E-state index is 0.0450. The first-order chi connectivity index (χ1) is 20.6. The third-order valence-corrected chi connectivity index (χ3v) is 8.19. The van der Waals surface area contributed by atoms with E-state index in [4.69, 9.17) is 25.0 Å². The van der Waals surface area contributed by atoms with Crippen LogP contribution in [0, 0.1) is 6.92 Å². The molecule has 0 fully saturated rings. The number of pyridine rings is 1. The quantitative estimate of drug-likeness (QED) is 0.0525. The number of alkyl halides is 1. The SMILES string of the molecule is CCCCc1nc2c(N)nc3cc(CCCOCCCNC(=O)CI)ccc3c2n1Cc1ccc(OP(=O)(O)O)c(C)c1. The number of rotatable bonds is 16. The number of unbranched alkanes of at least 4 members (excludes halogenated alkanes) is 1. The summed E-state index contributed by atoms with van der Waals surface area (Å²) >= 11 is 2.04. The number of halogens is 1. The Morgan fingerprint density at radius 2 is 1.84 bits per heavy atom. The Labute approximate surface area is 264 Å². The lowest BCUT2D eigenvalue weighted by atomic mass is 10.1. The minimum atomic E-state index is -4.65. The predicted molar refractivity (Wildman–Crippen MR) is 177 cm³/mol. The van der Waals surface area contributed by atoms with E-state index in [1.807, 2.05) is 28.7 Å². The van der Waals surface area contributed by atoms with E-state index >= 15 is 0 Å². The molecular weight excluding hydrogens is 684 g/mol. The zero-order valence-corrected chi connectivity index (χ0v) is 27.6. The van der Waals surface area contributed by atoms with Crippen LogP contribution in [0.1, 0.15) is 55.1 Å². The van der Waals surface area contributed by atoms with Gasteiger partial charge in [-0.15, -0.1) is 0 Å². The molecule has 5 N–H and O–H groups in total. The highest BCUT2D eigenvalue weighted by Gasteiger charge is 2.20. The van der Waals surface area contributed by atoms with Crippen LogP contribution in [0.3, 0.4) is 0 Å². The van der Waals surface area contributed by atoms with Gasteiger partial charge in [-0.05, 0) is 61.4 Å². The first-order valence-electron chi connectivity index (χ1n) is 14.4. The standard InChI is InChI=1S/C30H39IN5O6P/c1-3-4-8-26-35-28-29(36(26)19-22-10-12-25(20(2)16-22)42-43(38,39)40)23-11-9-21(17-24(23)34-30(28)32)7-5-14-41-15-6-13-33-27(37)18-31/h9-12,16-17H,3-8,13-15,18-19H2,1-2H3,(H2,32,34)(H,33,37)(H2,38,39,40). The van der Waals surface area contributed by atoms with E-state index in [0.29, 0.717) is 47.6 Å². The van der Waals surface area contributed by atoms with Gasteiger partial charge in [0.1, 0.15) is 17.1 Å². The topological polar surface area (TPSA) is 162 Å². The van der Waals surface area contributed by atoms with E-state index in [1.54, 1.807) is 19.1 Å². The van der Waals surface area contributed by atoms with Crippen molar-refractivity contribution in [2.75, 3.05) is 29.9 Å². The molecule has 2 aromatic heterocycles. The minimum Gasteiger partial charge on any atom is -0.404 e. The number of fused-ring (bicyclic) bond motifs is 3. The van der Waals surface area contributed by atoms with Gasteiger partial charge in [-0.2, -0.15) is 0 Å². The Kier molecular flexibility index (Phi) is 11.8. The van der Waals surface area contributed by atoms with Crippen molar-refractivity contribution in [3.05, 3.63) is 58.9 Å². The summed E-state index contributed by atoms with van der Waals surface area (Å²) in [6, 6.07) is 11.5. The molecule has 0 aliphatic rings. The van der Waals surface area contributed by atoms with E-state index in [1.165, 1.54) is 0 Å². The van der Waals surface area contributed by atoms with Crippen molar-refractivity contribution < 1.29 is 28.4 Å². The molecule has 11 nitrogen and oxygen atoms in total. The number of phosphoric ester groups is 1. The number of ether oxygens (including phenoxy) is 1. The molecule has 0 unspecified atom stereocenters. The van der Waals surface area contributed by atoms with Gasteiger partial charge in [0.05, 0.1) is 15.5 Å². The number of imidazole rings is 1. The van der Waals surface area contributed by atoms with Gasteiger partial charge >= 0.3 is 7.82 Å². The average Bonchev–Trinajstić information content (AvgIpc) is 3.32. The van der Waals surface area contributed by atoms with Crippen LogP contribution in [0.2, 0.25) is 0 Å². The van der Waals surface area contributed by atoms with Crippen molar-refractivity contribution in [1.82, 2.24) is 19.9 Å². The van der Waals surface area contributed by atoms with Crippen LogP contribution in [0.5, 0.6) is 5.75 Å². The molecular formula is C30H39IN5O6P. The molecule has 0 radical (unpaired) electrons. The van der Waals surface area contributed by atoms with Gasteiger partial charge in [0.15, 0.2) is 5.82 Å². The number of nitrogens with two attached hydrogens (primary N) is 1. The van der Waals surface area contributed by atoms with Crippen LogP contribution in [0.4, 0.5) is 5.82 Å². The molecule has 232 valence electrons. The number of anilines is 1. The third-order valence-electron chi connectivity index (χ3n) is 7.06. The predicted octanol–water partition coefficient (Wildman–Crippen LogP) is 5.23. The number of aromatic nitrogens is 3. The summed E-state index contributed by atoms with van der Waals surface area (Å²) in [5, 5.41) is 3.81. The van der Waals surface area contributed by atoms with E-state index in [-0.39, 0.29) is 11.7 Å². The third kappa shape index (κ3) is 9.12. The number of phosphoric acid groups is 1. The maximum Gasteiger partial charge on any atom is 0.524 e. The fourth-order valence-corrected chi connectivity index (χ4v) is 5.74. The highest BCUT2D eigenvalue weighted by Crippen LogP contribution is 2.39. The van der Waals surface area contributed by atoms with Crippen LogP contribution in [-0.2, 0) is 33.5 Å². The fraction of sp³-hybridized carbons (Fsp3) is 0.433. The van der Waals surface area contributed by atoms with Crippen molar-refractivity contribution in [1.29, 1.82) is 0 Å². The van der Waals surface area contributed by atoms with Gasteiger partial charge < -0.3 is 24.9 Å². The van der Waals surface area contributed by atoms with Crippen molar-refractivity contribution in [3.63, 3.8) is 0 Å². The molecule has 2 heterocycles. The van der Waals surface area contributed by atoms with Gasteiger partial charge in [0.25, 0.3) is 0 Å².